The van der Waals surface area contributed by atoms with E-state index in [1.807, 2.05) is 69.3 Å². The highest BCUT2D eigenvalue weighted by atomic mass is 16.6. The zero-order valence-electron chi connectivity index (χ0n) is 18.2. The first kappa shape index (κ1) is 22.0. The van der Waals surface area contributed by atoms with Crippen molar-refractivity contribution in [3.05, 3.63) is 77.6 Å². The van der Waals surface area contributed by atoms with Crippen LogP contribution in [0.1, 0.15) is 42.4 Å². The highest BCUT2D eigenvalue weighted by Gasteiger charge is 2.21. The van der Waals surface area contributed by atoms with Crippen LogP contribution in [-0.4, -0.2) is 44.5 Å². The Balaban J connectivity index is 1.66. The van der Waals surface area contributed by atoms with Crippen molar-refractivity contribution in [2.75, 3.05) is 12.4 Å². The van der Waals surface area contributed by atoms with Gasteiger partial charge in [0.2, 0.25) is 0 Å². The van der Waals surface area contributed by atoms with Gasteiger partial charge in [-0.2, -0.15) is 0 Å². The number of hydrogen-bond acceptors (Lipinski definition) is 5. The second kappa shape index (κ2) is 9.42. The van der Waals surface area contributed by atoms with Crippen LogP contribution in [0.3, 0.4) is 0 Å². The van der Waals surface area contributed by atoms with Crippen molar-refractivity contribution in [2.45, 2.75) is 39.5 Å². The fourth-order valence-electron chi connectivity index (χ4n) is 2.88. The zero-order valence-corrected chi connectivity index (χ0v) is 18.2. The van der Waals surface area contributed by atoms with Gasteiger partial charge in [0.1, 0.15) is 5.60 Å². The first-order valence-corrected chi connectivity index (χ1v) is 9.99. The molecular weight excluding hydrogens is 394 g/mol. The lowest BCUT2D eigenvalue weighted by Crippen LogP contribution is -2.34. The van der Waals surface area contributed by atoms with E-state index in [9.17, 15) is 9.59 Å². The van der Waals surface area contributed by atoms with Gasteiger partial charge in [-0.25, -0.2) is 9.48 Å². The lowest BCUT2D eigenvalue weighted by Gasteiger charge is -2.25. The van der Waals surface area contributed by atoms with Gasteiger partial charge in [0, 0.05) is 12.7 Å². The molecule has 0 radical (unpaired) electrons. The number of carbonyl (C=O) groups excluding carboxylic acids is 2. The summed E-state index contributed by atoms with van der Waals surface area (Å²) in [6, 6.07) is 17.1. The Labute approximate surface area is 181 Å². The van der Waals surface area contributed by atoms with Gasteiger partial charge < -0.3 is 15.0 Å². The third-order valence-electron chi connectivity index (χ3n) is 4.34. The molecule has 0 bridgehead atoms. The normalized spacial score (nSPS) is 11.1. The highest BCUT2D eigenvalue weighted by Crippen LogP contribution is 2.19. The predicted octanol–water partition coefficient (Wildman–Crippen LogP) is 3.95. The standard InChI is InChI=1S/C23H27N5O3/c1-23(2,3)31-22(30)27(4)15-18-12-8-9-13-19(18)24-21(29)20-16-28(26-25-20)14-17-10-6-5-7-11-17/h5-13,16H,14-15H2,1-4H3,(H,24,29). The van der Waals surface area contributed by atoms with Gasteiger partial charge in [0.15, 0.2) is 5.69 Å². The summed E-state index contributed by atoms with van der Waals surface area (Å²) in [5.41, 5.74) is 2.08. The molecule has 8 heteroatoms. The van der Waals surface area contributed by atoms with Gasteiger partial charge in [-0.15, -0.1) is 5.10 Å². The van der Waals surface area contributed by atoms with Crippen LogP contribution >= 0.6 is 0 Å². The van der Waals surface area contributed by atoms with E-state index in [0.29, 0.717) is 12.2 Å². The van der Waals surface area contributed by atoms with Crippen LogP contribution < -0.4 is 5.32 Å². The number of benzene rings is 2. The third kappa shape index (κ3) is 6.40. The van der Waals surface area contributed by atoms with Crippen LogP contribution in [0.4, 0.5) is 10.5 Å². The minimum Gasteiger partial charge on any atom is -0.444 e. The van der Waals surface area contributed by atoms with E-state index in [0.717, 1.165) is 11.1 Å². The molecule has 2 amide bonds. The number of ether oxygens (including phenoxy) is 1. The molecule has 1 heterocycles. The minimum absolute atomic E-state index is 0.214. The fourth-order valence-corrected chi connectivity index (χ4v) is 2.88. The summed E-state index contributed by atoms with van der Waals surface area (Å²) >= 11 is 0. The topological polar surface area (TPSA) is 89.4 Å². The second-order valence-corrected chi connectivity index (χ2v) is 8.23. The Bertz CT molecular complexity index is 1040. The summed E-state index contributed by atoms with van der Waals surface area (Å²) in [5.74, 6) is -0.369. The molecule has 3 aromatic rings. The SMILES string of the molecule is CN(Cc1ccccc1NC(=O)c1cn(Cc2ccccc2)nn1)C(=O)OC(C)(C)C. The number of carbonyl (C=O) groups is 2. The summed E-state index contributed by atoms with van der Waals surface area (Å²) in [6.07, 6.45) is 1.18. The average Bonchev–Trinajstić information content (AvgIpc) is 3.17. The summed E-state index contributed by atoms with van der Waals surface area (Å²) in [7, 11) is 1.65. The van der Waals surface area contributed by atoms with Gasteiger partial charge >= 0.3 is 6.09 Å². The van der Waals surface area contributed by atoms with Crippen molar-refractivity contribution in [3.63, 3.8) is 0 Å². The molecule has 2 aromatic carbocycles. The number of rotatable bonds is 6. The van der Waals surface area contributed by atoms with E-state index in [2.05, 4.69) is 15.6 Å². The van der Waals surface area contributed by atoms with E-state index >= 15 is 0 Å². The number of nitrogens with zero attached hydrogens (tertiary/aromatic N) is 4. The van der Waals surface area contributed by atoms with Crippen molar-refractivity contribution in [1.29, 1.82) is 0 Å². The first-order chi connectivity index (χ1) is 14.7. The van der Waals surface area contributed by atoms with Crippen molar-refractivity contribution in [2.24, 2.45) is 0 Å². The molecule has 0 aliphatic heterocycles. The van der Waals surface area contributed by atoms with Crippen LogP contribution in [0.2, 0.25) is 0 Å². The van der Waals surface area contributed by atoms with Crippen molar-refractivity contribution < 1.29 is 14.3 Å². The largest absolute Gasteiger partial charge is 0.444 e. The van der Waals surface area contributed by atoms with Crippen LogP contribution in [0.15, 0.2) is 60.8 Å². The molecule has 31 heavy (non-hydrogen) atoms. The number of nitrogens with one attached hydrogen (secondary N) is 1. The van der Waals surface area contributed by atoms with Crippen LogP contribution in [-0.2, 0) is 17.8 Å². The Morgan fingerprint density at radius 2 is 1.74 bits per heavy atom. The molecular formula is C23H27N5O3. The van der Waals surface area contributed by atoms with Crippen molar-refractivity contribution in [3.8, 4) is 0 Å². The number of para-hydroxylation sites is 1. The molecule has 1 N–H and O–H groups in total. The van der Waals surface area contributed by atoms with Crippen LogP contribution in [0.25, 0.3) is 0 Å². The average molecular weight is 422 g/mol. The summed E-state index contributed by atoms with van der Waals surface area (Å²) < 4.78 is 7.01. The van der Waals surface area contributed by atoms with E-state index in [1.165, 1.54) is 4.90 Å². The predicted molar refractivity (Wildman–Crippen MR) is 118 cm³/mol. The van der Waals surface area contributed by atoms with Crippen LogP contribution in [0, 0.1) is 0 Å². The maximum atomic E-state index is 12.7. The Kier molecular flexibility index (Phi) is 6.69. The number of hydrogen-bond donors (Lipinski definition) is 1. The molecule has 0 saturated carbocycles. The molecule has 3 rings (SSSR count). The molecule has 8 nitrogen and oxygen atoms in total. The van der Waals surface area contributed by atoms with Crippen molar-refractivity contribution in [1.82, 2.24) is 19.9 Å². The molecule has 0 unspecified atom stereocenters. The lowest BCUT2D eigenvalue weighted by atomic mass is 10.1. The monoisotopic (exact) mass is 421 g/mol. The Morgan fingerprint density at radius 3 is 2.45 bits per heavy atom. The summed E-state index contributed by atoms with van der Waals surface area (Å²) in [5, 5.41) is 10.9. The quantitative estimate of drug-likeness (QED) is 0.651. The van der Waals surface area contributed by atoms with Gasteiger partial charge in [0.25, 0.3) is 5.91 Å². The molecule has 0 aliphatic carbocycles. The van der Waals surface area contributed by atoms with E-state index in [-0.39, 0.29) is 18.1 Å². The molecule has 0 spiro atoms. The maximum absolute atomic E-state index is 12.7. The Hall–Kier alpha value is -3.68. The third-order valence-corrected chi connectivity index (χ3v) is 4.34. The lowest BCUT2D eigenvalue weighted by molar-refractivity contribution is 0.0285. The Morgan fingerprint density at radius 1 is 1.06 bits per heavy atom. The highest BCUT2D eigenvalue weighted by molar-refractivity contribution is 6.03. The number of aromatic nitrogens is 3. The van der Waals surface area contributed by atoms with Gasteiger partial charge in [-0.1, -0.05) is 53.7 Å². The number of amides is 2. The maximum Gasteiger partial charge on any atom is 0.410 e. The molecule has 162 valence electrons. The molecule has 0 saturated heterocycles. The zero-order chi connectivity index (χ0) is 22.4. The minimum atomic E-state index is -0.579. The van der Waals surface area contributed by atoms with Gasteiger partial charge in [-0.3, -0.25) is 4.79 Å². The smallest absolute Gasteiger partial charge is 0.410 e. The fraction of sp³-hybridized carbons (Fsp3) is 0.304. The summed E-state index contributed by atoms with van der Waals surface area (Å²) in [6.45, 7) is 6.26. The summed E-state index contributed by atoms with van der Waals surface area (Å²) in [4.78, 5) is 26.4. The van der Waals surface area contributed by atoms with E-state index in [1.54, 1.807) is 24.0 Å². The van der Waals surface area contributed by atoms with Gasteiger partial charge in [0.05, 0.1) is 19.3 Å². The van der Waals surface area contributed by atoms with Crippen molar-refractivity contribution >= 4 is 17.7 Å². The number of anilines is 1. The first-order valence-electron chi connectivity index (χ1n) is 9.99. The molecule has 0 fully saturated rings. The van der Waals surface area contributed by atoms with Gasteiger partial charge in [-0.05, 0) is 38.0 Å². The van der Waals surface area contributed by atoms with Crippen LogP contribution in [0.5, 0.6) is 0 Å². The van der Waals surface area contributed by atoms with E-state index < -0.39 is 11.7 Å². The molecule has 1 aromatic heterocycles. The van der Waals surface area contributed by atoms with E-state index in [4.69, 9.17) is 4.74 Å². The second-order valence-electron chi connectivity index (χ2n) is 8.23. The molecule has 0 aliphatic rings. The molecule has 0 atom stereocenters.